The zero-order valence-electron chi connectivity index (χ0n) is 16.1. The van der Waals surface area contributed by atoms with Gasteiger partial charge in [-0.1, -0.05) is 6.07 Å². The van der Waals surface area contributed by atoms with Crippen LogP contribution in [0.1, 0.15) is 10.4 Å². The van der Waals surface area contributed by atoms with Crippen LogP contribution >= 0.6 is 11.3 Å². The normalized spacial score (nSPS) is 11.5. The Bertz CT molecular complexity index is 1400. The smallest absolute Gasteiger partial charge is 0.322 e. The van der Waals surface area contributed by atoms with Gasteiger partial charge in [-0.05, 0) is 53.9 Å². The van der Waals surface area contributed by atoms with Crippen molar-refractivity contribution in [3.8, 4) is 0 Å². The molecule has 2 aromatic carbocycles. The fourth-order valence-electron chi connectivity index (χ4n) is 3.10. The van der Waals surface area contributed by atoms with Gasteiger partial charge >= 0.3 is 5.69 Å². The third-order valence-corrected chi connectivity index (χ3v) is 7.47. The molecule has 0 aliphatic heterocycles. The molecule has 8 nitrogen and oxygen atoms in total. The quantitative estimate of drug-likeness (QED) is 0.496. The van der Waals surface area contributed by atoms with Crippen LogP contribution in [0.2, 0.25) is 0 Å². The molecule has 30 heavy (non-hydrogen) atoms. The maximum atomic E-state index is 12.6. The van der Waals surface area contributed by atoms with Crippen LogP contribution in [0.25, 0.3) is 11.0 Å². The summed E-state index contributed by atoms with van der Waals surface area (Å²) in [5.74, 6) is -0.344. The molecular formula is C20H18N4O4S2. The Hall–Kier alpha value is -3.37. The summed E-state index contributed by atoms with van der Waals surface area (Å²) < 4.78 is 30.3. The van der Waals surface area contributed by atoms with E-state index in [1.54, 1.807) is 55.9 Å². The Kier molecular flexibility index (Phi) is 4.96. The number of sulfonamides is 1. The molecule has 4 aromatic rings. The molecule has 0 radical (unpaired) electrons. The highest BCUT2D eigenvalue weighted by Crippen LogP contribution is 2.21. The van der Waals surface area contributed by atoms with Crippen LogP contribution in [0.5, 0.6) is 0 Å². The number of rotatable bonds is 5. The van der Waals surface area contributed by atoms with Crippen LogP contribution < -0.4 is 15.7 Å². The molecule has 0 unspecified atom stereocenters. The Labute approximate surface area is 176 Å². The fraction of sp³-hybridized carbons (Fsp3) is 0.100. The molecule has 0 atom stereocenters. The molecule has 4 rings (SSSR count). The van der Waals surface area contributed by atoms with Crippen molar-refractivity contribution in [3.05, 3.63) is 76.0 Å². The van der Waals surface area contributed by atoms with E-state index in [0.29, 0.717) is 22.5 Å². The lowest BCUT2D eigenvalue weighted by molar-refractivity contribution is 0.102. The number of nitrogens with zero attached hydrogens (tertiary/aromatic N) is 2. The van der Waals surface area contributed by atoms with Crippen molar-refractivity contribution in [2.24, 2.45) is 14.1 Å². The summed E-state index contributed by atoms with van der Waals surface area (Å²) in [5.41, 5.74) is 2.61. The minimum absolute atomic E-state index is 0.144. The summed E-state index contributed by atoms with van der Waals surface area (Å²) in [5, 5.41) is 4.48. The van der Waals surface area contributed by atoms with Crippen molar-refractivity contribution < 1.29 is 13.2 Å². The van der Waals surface area contributed by atoms with Gasteiger partial charge in [-0.3, -0.25) is 18.7 Å². The summed E-state index contributed by atoms with van der Waals surface area (Å²) >= 11 is 1.13. The molecule has 0 saturated carbocycles. The minimum atomic E-state index is -3.64. The summed E-state index contributed by atoms with van der Waals surface area (Å²) in [6.45, 7) is 0. The van der Waals surface area contributed by atoms with Gasteiger partial charge in [0.05, 0.1) is 11.0 Å². The van der Waals surface area contributed by atoms with E-state index < -0.39 is 10.0 Å². The third kappa shape index (κ3) is 3.62. The number of aryl methyl sites for hydroxylation is 2. The van der Waals surface area contributed by atoms with Gasteiger partial charge in [-0.25, -0.2) is 13.2 Å². The van der Waals surface area contributed by atoms with E-state index in [-0.39, 0.29) is 15.8 Å². The molecule has 2 heterocycles. The van der Waals surface area contributed by atoms with Gasteiger partial charge in [0.25, 0.3) is 15.9 Å². The number of carbonyl (C=O) groups is 1. The standard InChI is InChI=1S/C20H18N4O4S2/c1-23-16-10-9-15(12-17(16)24(2)20(23)26)21-19(25)13-5-7-14(8-6-13)22-30(27,28)18-4-3-11-29-18/h3-12,22H,1-2H3,(H,21,25). The lowest BCUT2D eigenvalue weighted by atomic mass is 10.2. The van der Waals surface area contributed by atoms with Gasteiger partial charge in [0.2, 0.25) is 0 Å². The first-order valence-corrected chi connectivity index (χ1v) is 11.3. The Morgan fingerprint density at radius 1 is 0.933 bits per heavy atom. The molecular weight excluding hydrogens is 424 g/mol. The number of hydrogen-bond acceptors (Lipinski definition) is 5. The number of amides is 1. The number of imidazole rings is 1. The van der Waals surface area contributed by atoms with Gasteiger partial charge in [-0.2, -0.15) is 0 Å². The monoisotopic (exact) mass is 442 g/mol. The molecule has 0 aliphatic carbocycles. The van der Waals surface area contributed by atoms with Crippen LogP contribution in [0.4, 0.5) is 11.4 Å². The van der Waals surface area contributed by atoms with Crippen molar-refractivity contribution in [1.29, 1.82) is 0 Å². The van der Waals surface area contributed by atoms with Gasteiger partial charge in [0.1, 0.15) is 4.21 Å². The van der Waals surface area contributed by atoms with Crippen LogP contribution in [-0.4, -0.2) is 23.5 Å². The fourth-order valence-corrected chi connectivity index (χ4v) is 5.15. The lowest BCUT2D eigenvalue weighted by Crippen LogP contribution is -2.19. The highest BCUT2D eigenvalue weighted by Gasteiger charge is 2.16. The average Bonchev–Trinajstić information content (AvgIpc) is 3.34. The van der Waals surface area contributed by atoms with Crippen molar-refractivity contribution in [1.82, 2.24) is 9.13 Å². The van der Waals surface area contributed by atoms with Crippen LogP contribution in [-0.2, 0) is 24.1 Å². The number of thiophene rings is 1. The van der Waals surface area contributed by atoms with E-state index in [9.17, 15) is 18.0 Å². The Balaban J connectivity index is 1.51. The van der Waals surface area contributed by atoms with Gasteiger partial charge in [0, 0.05) is 31.0 Å². The number of aromatic nitrogens is 2. The second-order valence-corrected chi connectivity index (χ2v) is 9.53. The molecule has 0 fully saturated rings. The molecule has 0 aliphatic rings. The number of hydrogen-bond donors (Lipinski definition) is 2. The van der Waals surface area contributed by atoms with Crippen molar-refractivity contribution >= 4 is 49.7 Å². The number of anilines is 2. The molecule has 0 saturated heterocycles. The van der Waals surface area contributed by atoms with Gasteiger partial charge in [0.15, 0.2) is 0 Å². The molecule has 10 heteroatoms. The number of nitrogens with one attached hydrogen (secondary N) is 2. The summed E-state index contributed by atoms with van der Waals surface area (Å²) in [6, 6.07) is 14.6. The van der Waals surface area contributed by atoms with E-state index in [1.807, 2.05) is 0 Å². The first kappa shape index (κ1) is 19.9. The lowest BCUT2D eigenvalue weighted by Gasteiger charge is -2.09. The summed E-state index contributed by atoms with van der Waals surface area (Å²) in [7, 11) is -0.275. The largest absolute Gasteiger partial charge is 0.328 e. The SMILES string of the molecule is Cn1c(=O)n(C)c2cc(NC(=O)c3ccc(NS(=O)(=O)c4cccs4)cc3)ccc21. The van der Waals surface area contributed by atoms with E-state index in [1.165, 1.54) is 27.3 Å². The second-order valence-electron chi connectivity index (χ2n) is 6.67. The first-order chi connectivity index (χ1) is 14.3. The summed E-state index contributed by atoms with van der Waals surface area (Å²) in [4.78, 5) is 24.6. The second kappa shape index (κ2) is 7.47. The highest BCUT2D eigenvalue weighted by molar-refractivity contribution is 7.94. The van der Waals surface area contributed by atoms with Crippen LogP contribution in [0, 0.1) is 0 Å². The van der Waals surface area contributed by atoms with E-state index in [4.69, 9.17) is 0 Å². The van der Waals surface area contributed by atoms with Crippen molar-refractivity contribution in [3.63, 3.8) is 0 Å². The zero-order chi connectivity index (χ0) is 21.5. The molecule has 2 aromatic heterocycles. The maximum Gasteiger partial charge on any atom is 0.328 e. The molecule has 154 valence electrons. The molecule has 0 bridgehead atoms. The number of benzene rings is 2. The van der Waals surface area contributed by atoms with Crippen LogP contribution in [0.3, 0.4) is 0 Å². The maximum absolute atomic E-state index is 12.6. The average molecular weight is 443 g/mol. The van der Waals surface area contributed by atoms with Crippen LogP contribution in [0.15, 0.2) is 69.0 Å². The van der Waals surface area contributed by atoms with E-state index >= 15 is 0 Å². The van der Waals surface area contributed by atoms with Crippen molar-refractivity contribution in [2.45, 2.75) is 4.21 Å². The third-order valence-electron chi connectivity index (χ3n) is 4.69. The Morgan fingerprint density at radius 3 is 2.27 bits per heavy atom. The molecule has 0 spiro atoms. The van der Waals surface area contributed by atoms with E-state index in [2.05, 4.69) is 10.0 Å². The van der Waals surface area contributed by atoms with Gasteiger partial charge in [-0.15, -0.1) is 11.3 Å². The van der Waals surface area contributed by atoms with Gasteiger partial charge < -0.3 is 5.32 Å². The first-order valence-electron chi connectivity index (χ1n) is 8.89. The topological polar surface area (TPSA) is 102 Å². The predicted molar refractivity (Wildman–Crippen MR) is 118 cm³/mol. The van der Waals surface area contributed by atoms with Crippen molar-refractivity contribution in [2.75, 3.05) is 10.0 Å². The Morgan fingerprint density at radius 2 is 1.60 bits per heavy atom. The molecule has 2 N–H and O–H groups in total. The summed E-state index contributed by atoms with van der Waals surface area (Å²) in [6.07, 6.45) is 0. The van der Waals surface area contributed by atoms with E-state index in [0.717, 1.165) is 16.9 Å². The minimum Gasteiger partial charge on any atom is -0.322 e. The molecule has 1 amide bonds. The predicted octanol–water partition coefficient (Wildman–Crippen LogP) is 2.99. The highest BCUT2D eigenvalue weighted by atomic mass is 32.2. The number of fused-ring (bicyclic) bond motifs is 1. The number of carbonyl (C=O) groups excluding carboxylic acids is 1. The zero-order valence-corrected chi connectivity index (χ0v) is 17.8.